The van der Waals surface area contributed by atoms with Gasteiger partial charge in [-0.2, -0.15) is 14.8 Å². The Bertz CT molecular complexity index is 1270. The third-order valence-electron chi connectivity index (χ3n) is 4.45. The summed E-state index contributed by atoms with van der Waals surface area (Å²) in [5.74, 6) is 0.840. The number of nitrogens with two attached hydrogens (primary N) is 1. The predicted octanol–water partition coefficient (Wildman–Crippen LogP) is 2.03. The fourth-order valence-corrected chi connectivity index (χ4v) is 3.75. The second-order valence-electron chi connectivity index (χ2n) is 6.39. The second-order valence-corrected chi connectivity index (χ2v) is 7.92. The average Bonchev–Trinajstić information content (AvgIpc) is 3.16. The number of rotatable bonds is 6. The van der Waals surface area contributed by atoms with Crippen LogP contribution in [0.25, 0.3) is 16.9 Å². The molecule has 0 amide bonds. The Kier molecular flexibility index (Phi) is 4.95. The van der Waals surface area contributed by atoms with E-state index >= 15 is 0 Å². The van der Waals surface area contributed by atoms with Crippen LogP contribution < -0.4 is 10.5 Å². The topological polar surface area (TPSA) is 129 Å². The number of nitrogens with one attached hydrogen (secondary N) is 1. The minimum Gasteiger partial charge on any atom is -0.364 e. The molecule has 9 nitrogen and oxygen atoms in total. The van der Waals surface area contributed by atoms with E-state index in [0.717, 1.165) is 11.3 Å². The molecule has 0 aliphatic carbocycles. The van der Waals surface area contributed by atoms with E-state index in [-0.39, 0.29) is 10.8 Å². The number of fused-ring (bicyclic) bond motifs is 1. The van der Waals surface area contributed by atoms with Crippen LogP contribution >= 0.6 is 0 Å². The van der Waals surface area contributed by atoms with Gasteiger partial charge in [-0.1, -0.05) is 43.3 Å². The third kappa shape index (κ3) is 3.80. The van der Waals surface area contributed by atoms with Crippen molar-refractivity contribution in [2.45, 2.75) is 24.8 Å². The van der Waals surface area contributed by atoms with Gasteiger partial charge in [-0.25, -0.2) is 13.6 Å². The van der Waals surface area contributed by atoms with Gasteiger partial charge in [0.2, 0.25) is 10.0 Å². The number of primary sulfonamides is 1. The molecule has 0 unspecified atom stereocenters. The molecule has 29 heavy (non-hydrogen) atoms. The number of benzene rings is 2. The molecule has 0 bridgehead atoms. The summed E-state index contributed by atoms with van der Waals surface area (Å²) in [5, 5.41) is 21.7. The largest absolute Gasteiger partial charge is 0.364 e. The lowest BCUT2D eigenvalue weighted by atomic mass is 10.2. The van der Waals surface area contributed by atoms with Crippen LogP contribution in [0.4, 0.5) is 5.82 Å². The number of anilines is 1. The molecule has 2 aromatic carbocycles. The van der Waals surface area contributed by atoms with Crippen LogP contribution in [-0.4, -0.2) is 33.4 Å². The Balaban J connectivity index is 1.74. The molecule has 0 spiro atoms. The molecule has 0 saturated heterocycles. The SMILES string of the molecule is CCc1nnc(-n2ncc3c(S(N)(=O)=O)cccc32)nc1NCc1ccccc1. The highest BCUT2D eigenvalue weighted by molar-refractivity contribution is 7.89. The molecule has 10 heteroatoms. The first-order valence-electron chi connectivity index (χ1n) is 8.98. The van der Waals surface area contributed by atoms with Gasteiger partial charge in [0.1, 0.15) is 5.69 Å². The van der Waals surface area contributed by atoms with Gasteiger partial charge in [0.05, 0.1) is 16.6 Å². The standard InChI is InChI=1S/C19H19N7O2S/c1-2-15-18(21-11-13-7-4-3-5-8-13)23-19(25-24-15)26-16-9-6-10-17(29(20,27)28)14(16)12-22-26/h3-10,12H,2,11H2,1H3,(H2,20,27,28)(H,21,23,25). The summed E-state index contributed by atoms with van der Waals surface area (Å²) in [6.07, 6.45) is 2.09. The maximum absolute atomic E-state index is 11.8. The minimum atomic E-state index is -3.88. The van der Waals surface area contributed by atoms with Crippen molar-refractivity contribution in [2.24, 2.45) is 5.14 Å². The highest BCUT2D eigenvalue weighted by atomic mass is 32.2. The number of aryl methyl sites for hydroxylation is 1. The molecular weight excluding hydrogens is 390 g/mol. The van der Waals surface area contributed by atoms with Crippen LogP contribution in [0.1, 0.15) is 18.2 Å². The number of nitrogens with zero attached hydrogens (tertiary/aromatic N) is 5. The number of hydrogen-bond donors (Lipinski definition) is 2. The van der Waals surface area contributed by atoms with Gasteiger partial charge in [0.25, 0.3) is 5.95 Å². The zero-order valence-corrected chi connectivity index (χ0v) is 16.5. The van der Waals surface area contributed by atoms with Gasteiger partial charge in [0, 0.05) is 11.9 Å². The number of sulfonamides is 1. The van der Waals surface area contributed by atoms with Gasteiger partial charge in [-0.05, 0) is 24.1 Å². The third-order valence-corrected chi connectivity index (χ3v) is 5.42. The molecule has 0 atom stereocenters. The van der Waals surface area contributed by atoms with Crippen LogP contribution in [0.3, 0.4) is 0 Å². The van der Waals surface area contributed by atoms with Gasteiger partial charge >= 0.3 is 0 Å². The summed E-state index contributed by atoms with van der Waals surface area (Å²) >= 11 is 0. The lowest BCUT2D eigenvalue weighted by Gasteiger charge is -2.10. The molecule has 148 valence electrons. The van der Waals surface area contributed by atoms with Crippen LogP contribution in [0.2, 0.25) is 0 Å². The summed E-state index contributed by atoms with van der Waals surface area (Å²) in [4.78, 5) is 4.58. The van der Waals surface area contributed by atoms with Crippen LogP contribution in [-0.2, 0) is 23.0 Å². The van der Waals surface area contributed by atoms with E-state index < -0.39 is 10.0 Å². The maximum atomic E-state index is 11.8. The maximum Gasteiger partial charge on any atom is 0.272 e. The van der Waals surface area contributed by atoms with E-state index in [4.69, 9.17) is 5.14 Å². The van der Waals surface area contributed by atoms with Gasteiger partial charge in [-0.15, -0.1) is 10.2 Å². The van der Waals surface area contributed by atoms with Crippen molar-refractivity contribution >= 4 is 26.7 Å². The summed E-state index contributed by atoms with van der Waals surface area (Å²) < 4.78 is 25.1. The Morgan fingerprint density at radius 1 is 1.07 bits per heavy atom. The molecule has 0 fully saturated rings. The van der Waals surface area contributed by atoms with Crippen molar-refractivity contribution in [3.8, 4) is 5.95 Å². The Morgan fingerprint density at radius 2 is 1.86 bits per heavy atom. The zero-order chi connectivity index (χ0) is 20.4. The smallest absolute Gasteiger partial charge is 0.272 e. The fraction of sp³-hybridized carbons (Fsp3) is 0.158. The van der Waals surface area contributed by atoms with Crippen molar-refractivity contribution in [1.29, 1.82) is 0 Å². The number of hydrogen-bond acceptors (Lipinski definition) is 7. The predicted molar refractivity (Wildman–Crippen MR) is 109 cm³/mol. The average molecular weight is 409 g/mol. The Morgan fingerprint density at radius 3 is 2.59 bits per heavy atom. The van der Waals surface area contributed by atoms with Crippen LogP contribution in [0, 0.1) is 0 Å². The van der Waals surface area contributed by atoms with Gasteiger partial charge in [0.15, 0.2) is 5.82 Å². The lowest BCUT2D eigenvalue weighted by Crippen LogP contribution is -2.13. The number of aromatic nitrogens is 5. The van der Waals surface area contributed by atoms with Gasteiger partial charge in [-0.3, -0.25) is 0 Å². The van der Waals surface area contributed by atoms with Crippen molar-refractivity contribution in [3.63, 3.8) is 0 Å². The molecule has 4 rings (SSSR count). The zero-order valence-electron chi connectivity index (χ0n) is 15.6. The normalized spacial score (nSPS) is 11.7. The molecular formula is C19H19N7O2S. The van der Waals surface area contributed by atoms with E-state index in [1.807, 2.05) is 37.3 Å². The fourth-order valence-electron chi connectivity index (χ4n) is 3.02. The first kappa shape index (κ1) is 19.0. The van der Waals surface area contributed by atoms with Crippen molar-refractivity contribution < 1.29 is 8.42 Å². The Labute approximate surface area is 167 Å². The highest BCUT2D eigenvalue weighted by Crippen LogP contribution is 2.24. The molecule has 0 aliphatic rings. The second kappa shape index (κ2) is 7.57. The molecule has 0 radical (unpaired) electrons. The van der Waals surface area contributed by atoms with Crippen LogP contribution in [0.5, 0.6) is 0 Å². The molecule has 2 aromatic heterocycles. The summed E-state index contributed by atoms with van der Waals surface area (Å²) in [6, 6.07) is 14.7. The first-order valence-corrected chi connectivity index (χ1v) is 10.5. The van der Waals surface area contributed by atoms with Crippen LogP contribution in [0.15, 0.2) is 59.6 Å². The van der Waals surface area contributed by atoms with E-state index in [1.165, 1.54) is 16.9 Å². The molecule has 3 N–H and O–H groups in total. The van der Waals surface area contributed by atoms with Crippen molar-refractivity contribution in [2.75, 3.05) is 5.32 Å². The monoisotopic (exact) mass is 409 g/mol. The summed E-state index contributed by atoms with van der Waals surface area (Å²) in [5.41, 5.74) is 2.36. The minimum absolute atomic E-state index is 0.00168. The van der Waals surface area contributed by atoms with Crippen molar-refractivity contribution in [1.82, 2.24) is 25.0 Å². The Hall–Kier alpha value is -3.37. The first-order chi connectivity index (χ1) is 14.0. The summed E-state index contributed by atoms with van der Waals surface area (Å²) in [7, 11) is -3.88. The van der Waals surface area contributed by atoms with E-state index in [9.17, 15) is 8.42 Å². The van der Waals surface area contributed by atoms with Gasteiger partial charge < -0.3 is 5.32 Å². The van der Waals surface area contributed by atoms with Crippen molar-refractivity contribution in [3.05, 3.63) is 66.0 Å². The molecule has 0 saturated carbocycles. The van der Waals surface area contributed by atoms with E-state index in [2.05, 4.69) is 25.6 Å². The van der Waals surface area contributed by atoms with E-state index in [1.54, 1.807) is 12.1 Å². The lowest BCUT2D eigenvalue weighted by molar-refractivity contribution is 0.598. The molecule has 0 aliphatic heterocycles. The molecule has 4 aromatic rings. The quantitative estimate of drug-likeness (QED) is 0.498. The van der Waals surface area contributed by atoms with E-state index in [0.29, 0.717) is 29.7 Å². The molecule has 2 heterocycles. The highest BCUT2D eigenvalue weighted by Gasteiger charge is 2.18. The summed E-state index contributed by atoms with van der Waals surface area (Å²) in [6.45, 7) is 2.56.